The van der Waals surface area contributed by atoms with Crippen molar-refractivity contribution in [3.63, 3.8) is 0 Å². The summed E-state index contributed by atoms with van der Waals surface area (Å²) in [7, 11) is 3.05. The van der Waals surface area contributed by atoms with E-state index in [0.717, 1.165) is 0 Å². The number of amides is 1. The highest BCUT2D eigenvalue weighted by Gasteiger charge is 2.47. The fourth-order valence-corrected chi connectivity index (χ4v) is 3.73. The maximum Gasteiger partial charge on any atom is 0.296 e. The molecule has 1 unspecified atom stereocenters. The van der Waals surface area contributed by atoms with Crippen LogP contribution in [0, 0.1) is 0 Å². The standard InChI is InChI=1S/C24H21NO6/c1-29-16-11-9-15(10-12-16)22(26)20-21(18-7-3-4-8-19(18)30-2)25(24(28)23(20)27)14-17-6-5-13-31-17/h3-13,21,26H,14H2,1-2H3/b22-20+. The van der Waals surface area contributed by atoms with E-state index in [9.17, 15) is 14.7 Å². The van der Waals surface area contributed by atoms with Gasteiger partial charge in [0.15, 0.2) is 0 Å². The first kappa shape index (κ1) is 20.3. The third-order valence-corrected chi connectivity index (χ3v) is 5.24. The number of hydrogen-bond acceptors (Lipinski definition) is 6. The second-order valence-electron chi connectivity index (χ2n) is 6.98. The van der Waals surface area contributed by atoms with E-state index >= 15 is 0 Å². The fraction of sp³-hybridized carbons (Fsp3) is 0.167. The zero-order valence-corrected chi connectivity index (χ0v) is 17.1. The molecule has 7 nitrogen and oxygen atoms in total. The minimum absolute atomic E-state index is 0.00813. The molecule has 1 aliphatic rings. The first-order valence-electron chi connectivity index (χ1n) is 9.63. The van der Waals surface area contributed by atoms with Crippen molar-refractivity contribution in [2.45, 2.75) is 12.6 Å². The molecule has 1 amide bonds. The number of rotatable bonds is 6. The molecule has 2 aromatic carbocycles. The molecule has 4 rings (SSSR count). The molecule has 1 N–H and O–H groups in total. The van der Waals surface area contributed by atoms with Crippen LogP contribution in [-0.2, 0) is 16.1 Å². The molecular formula is C24H21NO6. The van der Waals surface area contributed by atoms with E-state index in [1.54, 1.807) is 60.7 Å². The summed E-state index contributed by atoms with van der Waals surface area (Å²) in [6.45, 7) is 0.0691. The summed E-state index contributed by atoms with van der Waals surface area (Å²) in [4.78, 5) is 27.4. The van der Waals surface area contributed by atoms with Gasteiger partial charge in [-0.1, -0.05) is 18.2 Å². The van der Waals surface area contributed by atoms with Crippen molar-refractivity contribution in [1.82, 2.24) is 4.90 Å². The Kier molecular flexibility index (Phi) is 5.49. The Morgan fingerprint density at radius 1 is 1.00 bits per heavy atom. The Bertz CT molecular complexity index is 1130. The number of hydrogen-bond donors (Lipinski definition) is 1. The lowest BCUT2D eigenvalue weighted by Crippen LogP contribution is -2.29. The minimum atomic E-state index is -0.844. The number of carbonyl (C=O) groups excluding carboxylic acids is 2. The number of furan rings is 1. The maximum atomic E-state index is 13.1. The molecule has 7 heteroatoms. The van der Waals surface area contributed by atoms with Gasteiger partial charge in [-0.3, -0.25) is 9.59 Å². The molecule has 1 saturated heterocycles. The number of para-hydroxylation sites is 1. The molecule has 0 spiro atoms. The van der Waals surface area contributed by atoms with Gasteiger partial charge in [-0.25, -0.2) is 0 Å². The number of carbonyl (C=O) groups is 2. The lowest BCUT2D eigenvalue weighted by molar-refractivity contribution is -0.140. The summed E-state index contributed by atoms with van der Waals surface area (Å²) in [5.74, 6) is -0.126. The van der Waals surface area contributed by atoms with Crippen LogP contribution in [0.25, 0.3) is 5.76 Å². The van der Waals surface area contributed by atoms with E-state index in [-0.39, 0.29) is 17.9 Å². The van der Waals surface area contributed by atoms with E-state index in [1.165, 1.54) is 25.4 Å². The lowest BCUT2D eigenvalue weighted by Gasteiger charge is -2.25. The summed E-state index contributed by atoms with van der Waals surface area (Å²) in [6.07, 6.45) is 1.50. The van der Waals surface area contributed by atoms with Crippen molar-refractivity contribution in [3.8, 4) is 11.5 Å². The third-order valence-electron chi connectivity index (χ3n) is 5.24. The molecule has 1 aliphatic heterocycles. The zero-order valence-electron chi connectivity index (χ0n) is 17.1. The van der Waals surface area contributed by atoms with Crippen molar-refractivity contribution < 1.29 is 28.6 Å². The van der Waals surface area contributed by atoms with Crippen LogP contribution in [0.4, 0.5) is 0 Å². The number of aliphatic hydroxyl groups excluding tert-OH is 1. The number of nitrogens with zero attached hydrogens (tertiary/aromatic N) is 1. The largest absolute Gasteiger partial charge is 0.507 e. The van der Waals surface area contributed by atoms with E-state index < -0.39 is 17.7 Å². The van der Waals surface area contributed by atoms with E-state index in [2.05, 4.69) is 0 Å². The van der Waals surface area contributed by atoms with Gasteiger partial charge >= 0.3 is 0 Å². The van der Waals surface area contributed by atoms with Gasteiger partial charge in [0.1, 0.15) is 23.0 Å². The van der Waals surface area contributed by atoms with Crippen molar-refractivity contribution in [3.05, 3.63) is 89.4 Å². The molecule has 1 aromatic heterocycles. The van der Waals surface area contributed by atoms with E-state index in [4.69, 9.17) is 13.9 Å². The quantitative estimate of drug-likeness (QED) is 0.370. The van der Waals surface area contributed by atoms with Gasteiger partial charge in [-0.2, -0.15) is 0 Å². The van der Waals surface area contributed by atoms with Crippen molar-refractivity contribution in [2.75, 3.05) is 14.2 Å². The maximum absolute atomic E-state index is 13.1. The second-order valence-corrected chi connectivity index (χ2v) is 6.98. The number of methoxy groups -OCH3 is 2. The zero-order chi connectivity index (χ0) is 22.0. The van der Waals surface area contributed by atoms with Crippen LogP contribution in [0.3, 0.4) is 0 Å². The first-order valence-corrected chi connectivity index (χ1v) is 9.63. The highest BCUT2D eigenvalue weighted by atomic mass is 16.5. The monoisotopic (exact) mass is 419 g/mol. The SMILES string of the molecule is COc1ccc(/C(O)=C2\C(=O)C(=O)N(Cc3ccco3)C2c2ccccc2OC)cc1. The molecule has 0 bridgehead atoms. The predicted molar refractivity (Wildman–Crippen MR) is 113 cm³/mol. The van der Waals surface area contributed by atoms with Crippen molar-refractivity contribution in [2.24, 2.45) is 0 Å². The molecule has 0 saturated carbocycles. The van der Waals surface area contributed by atoms with Crippen LogP contribution >= 0.6 is 0 Å². The molecule has 0 aliphatic carbocycles. The molecule has 158 valence electrons. The molecular weight excluding hydrogens is 398 g/mol. The Morgan fingerprint density at radius 3 is 2.39 bits per heavy atom. The average Bonchev–Trinajstić information content (AvgIpc) is 3.41. The number of Topliss-reactive ketones (excluding diaryl/α,β-unsaturated/α-hetero) is 1. The summed E-state index contributed by atoms with van der Waals surface area (Å²) >= 11 is 0. The van der Waals surface area contributed by atoms with Crippen molar-refractivity contribution in [1.29, 1.82) is 0 Å². The number of ketones is 1. The van der Waals surface area contributed by atoms with E-state index in [0.29, 0.717) is 28.4 Å². The fourth-order valence-electron chi connectivity index (χ4n) is 3.73. The topological polar surface area (TPSA) is 89.2 Å². The lowest BCUT2D eigenvalue weighted by atomic mass is 9.94. The number of aliphatic hydroxyl groups is 1. The first-order chi connectivity index (χ1) is 15.0. The molecule has 3 aromatic rings. The molecule has 0 radical (unpaired) electrons. The van der Waals surface area contributed by atoms with Gasteiger partial charge in [0.05, 0.1) is 38.6 Å². The molecule has 1 atom stereocenters. The van der Waals surface area contributed by atoms with Crippen LogP contribution in [0.2, 0.25) is 0 Å². The molecule has 2 heterocycles. The summed E-state index contributed by atoms with van der Waals surface area (Å²) in [5, 5.41) is 11.1. The summed E-state index contributed by atoms with van der Waals surface area (Å²) in [5.41, 5.74) is 0.980. The van der Waals surface area contributed by atoms with Crippen LogP contribution in [0.1, 0.15) is 22.9 Å². The summed E-state index contributed by atoms with van der Waals surface area (Å²) in [6, 6.07) is 16.3. The second kappa shape index (κ2) is 8.39. The number of benzene rings is 2. The van der Waals surface area contributed by atoms with Crippen LogP contribution in [-0.4, -0.2) is 35.9 Å². The highest BCUT2D eigenvalue weighted by Crippen LogP contribution is 2.43. The van der Waals surface area contributed by atoms with Gasteiger partial charge < -0.3 is 23.9 Å². The Morgan fingerprint density at radius 2 is 1.74 bits per heavy atom. The number of ether oxygens (including phenoxy) is 2. The van der Waals surface area contributed by atoms with Crippen LogP contribution in [0.15, 0.2) is 76.9 Å². The highest BCUT2D eigenvalue weighted by molar-refractivity contribution is 6.46. The normalized spacial score (nSPS) is 17.7. The van der Waals surface area contributed by atoms with Gasteiger partial charge in [0, 0.05) is 11.1 Å². The Labute approximate surface area is 179 Å². The average molecular weight is 419 g/mol. The van der Waals surface area contributed by atoms with Crippen molar-refractivity contribution >= 4 is 17.4 Å². The Hall–Kier alpha value is -4.00. The summed E-state index contributed by atoms with van der Waals surface area (Å²) < 4.78 is 16.0. The Balaban J connectivity index is 1.88. The predicted octanol–water partition coefficient (Wildman–Crippen LogP) is 3.92. The van der Waals surface area contributed by atoms with E-state index in [1.807, 2.05) is 0 Å². The smallest absolute Gasteiger partial charge is 0.296 e. The van der Waals surface area contributed by atoms with Gasteiger partial charge in [0.2, 0.25) is 0 Å². The van der Waals surface area contributed by atoms with Gasteiger partial charge in [-0.15, -0.1) is 0 Å². The van der Waals surface area contributed by atoms with Gasteiger partial charge in [0.25, 0.3) is 11.7 Å². The number of likely N-dealkylation sites (tertiary alicyclic amines) is 1. The third kappa shape index (κ3) is 3.66. The van der Waals surface area contributed by atoms with Crippen LogP contribution in [0.5, 0.6) is 11.5 Å². The minimum Gasteiger partial charge on any atom is -0.507 e. The molecule has 1 fully saturated rings. The molecule has 31 heavy (non-hydrogen) atoms. The van der Waals surface area contributed by atoms with Crippen LogP contribution < -0.4 is 9.47 Å². The van der Waals surface area contributed by atoms with Gasteiger partial charge in [-0.05, 0) is 42.5 Å².